The highest BCUT2D eigenvalue weighted by Gasteiger charge is 2.32. The minimum atomic E-state index is -3.84. The molecule has 0 bridgehead atoms. The summed E-state index contributed by atoms with van der Waals surface area (Å²) in [4.78, 5) is 14.4. The molecule has 3 rings (SSSR count). The predicted molar refractivity (Wildman–Crippen MR) is 96.3 cm³/mol. The highest BCUT2D eigenvalue weighted by molar-refractivity contribution is 7.89. The lowest BCUT2D eigenvalue weighted by Crippen LogP contribution is -2.40. The van der Waals surface area contributed by atoms with Gasteiger partial charge >= 0.3 is 0 Å². The van der Waals surface area contributed by atoms with Crippen LogP contribution in [0.15, 0.2) is 59.5 Å². The largest absolute Gasteiger partial charge is 0.335 e. The number of carbonyl (C=O) groups is 1. The van der Waals surface area contributed by atoms with Gasteiger partial charge in [-0.25, -0.2) is 12.8 Å². The lowest BCUT2D eigenvalue weighted by Gasteiger charge is -2.27. The topological polar surface area (TPSA) is 57.7 Å². The predicted octanol–water partition coefficient (Wildman–Crippen LogP) is 2.81. The van der Waals surface area contributed by atoms with Crippen molar-refractivity contribution in [2.45, 2.75) is 23.8 Å². The minimum Gasteiger partial charge on any atom is -0.335 e. The zero-order chi connectivity index (χ0) is 18.7. The number of halogens is 1. The van der Waals surface area contributed by atoms with Gasteiger partial charge in [-0.2, -0.15) is 4.31 Å². The van der Waals surface area contributed by atoms with E-state index in [-0.39, 0.29) is 23.4 Å². The number of rotatable bonds is 5. The summed E-state index contributed by atoms with van der Waals surface area (Å²) in [6, 6.07) is 14.3. The summed E-state index contributed by atoms with van der Waals surface area (Å²) >= 11 is 0. The molecule has 138 valence electrons. The molecule has 1 heterocycles. The Morgan fingerprint density at radius 2 is 1.81 bits per heavy atom. The molecular weight excluding hydrogens is 355 g/mol. The van der Waals surface area contributed by atoms with Crippen molar-refractivity contribution >= 4 is 15.9 Å². The lowest BCUT2D eigenvalue weighted by molar-refractivity contribution is -0.132. The van der Waals surface area contributed by atoms with Crippen molar-refractivity contribution in [3.8, 4) is 0 Å². The molecule has 7 heteroatoms. The molecule has 0 aromatic heterocycles. The van der Waals surface area contributed by atoms with Crippen LogP contribution in [-0.4, -0.2) is 43.7 Å². The Labute approximate surface area is 153 Å². The first-order chi connectivity index (χ1) is 12.4. The molecule has 2 aromatic carbocycles. The van der Waals surface area contributed by atoms with Gasteiger partial charge in [0, 0.05) is 13.6 Å². The Morgan fingerprint density at radius 1 is 1.15 bits per heavy atom. The molecule has 1 amide bonds. The van der Waals surface area contributed by atoms with Crippen molar-refractivity contribution in [2.75, 3.05) is 20.1 Å². The van der Waals surface area contributed by atoms with Crippen molar-refractivity contribution < 1.29 is 17.6 Å². The zero-order valence-corrected chi connectivity index (χ0v) is 15.3. The maximum absolute atomic E-state index is 13.0. The molecule has 1 fully saturated rings. The second-order valence-electron chi connectivity index (χ2n) is 6.37. The molecule has 0 radical (unpaired) electrons. The molecule has 0 aliphatic carbocycles. The molecule has 2 aromatic rings. The maximum Gasteiger partial charge on any atom is 0.243 e. The number of sulfonamides is 1. The van der Waals surface area contributed by atoms with Crippen LogP contribution in [0.1, 0.15) is 24.4 Å². The maximum atomic E-state index is 13.0. The molecule has 1 aliphatic rings. The molecule has 26 heavy (non-hydrogen) atoms. The second kappa shape index (κ2) is 7.55. The molecule has 1 aliphatic heterocycles. The zero-order valence-electron chi connectivity index (χ0n) is 14.5. The standard InChI is InChI=1S/C19H21FN2O3S/c1-21(26(24,25)17-11-9-16(20)10-12-17)14-19(23)22-13-5-8-18(22)15-6-3-2-4-7-15/h2-4,6-7,9-12,18H,5,8,13-14H2,1H3. The molecule has 1 atom stereocenters. The fourth-order valence-electron chi connectivity index (χ4n) is 3.24. The van der Waals surface area contributed by atoms with Gasteiger partial charge in [0.2, 0.25) is 15.9 Å². The Bertz CT molecular complexity index is 869. The Hall–Kier alpha value is -2.25. The van der Waals surface area contributed by atoms with E-state index in [0.29, 0.717) is 6.54 Å². The fourth-order valence-corrected chi connectivity index (χ4v) is 4.36. The van der Waals surface area contributed by atoms with E-state index in [2.05, 4.69) is 0 Å². The van der Waals surface area contributed by atoms with Gasteiger partial charge in [0.05, 0.1) is 17.5 Å². The van der Waals surface area contributed by atoms with E-state index in [0.717, 1.165) is 34.8 Å². The van der Waals surface area contributed by atoms with Crippen LogP contribution in [0.2, 0.25) is 0 Å². The SMILES string of the molecule is CN(CC(=O)N1CCCC1c1ccccc1)S(=O)(=O)c1ccc(F)cc1. The van der Waals surface area contributed by atoms with Crippen molar-refractivity contribution in [3.63, 3.8) is 0 Å². The van der Waals surface area contributed by atoms with Gasteiger partial charge in [0.25, 0.3) is 0 Å². The molecule has 5 nitrogen and oxygen atoms in total. The first-order valence-electron chi connectivity index (χ1n) is 8.46. The van der Waals surface area contributed by atoms with Crippen LogP contribution in [0.25, 0.3) is 0 Å². The highest BCUT2D eigenvalue weighted by Crippen LogP contribution is 2.32. The number of carbonyl (C=O) groups excluding carboxylic acids is 1. The summed E-state index contributed by atoms with van der Waals surface area (Å²) in [6.45, 7) is 0.367. The Morgan fingerprint density at radius 3 is 2.46 bits per heavy atom. The average molecular weight is 376 g/mol. The van der Waals surface area contributed by atoms with E-state index in [9.17, 15) is 17.6 Å². The summed E-state index contributed by atoms with van der Waals surface area (Å²) in [7, 11) is -2.48. The molecule has 0 saturated carbocycles. The van der Waals surface area contributed by atoms with Crippen molar-refractivity contribution in [2.24, 2.45) is 0 Å². The van der Waals surface area contributed by atoms with Crippen molar-refractivity contribution in [1.82, 2.24) is 9.21 Å². The molecule has 0 N–H and O–H groups in total. The van der Waals surface area contributed by atoms with E-state index >= 15 is 0 Å². The van der Waals surface area contributed by atoms with Gasteiger partial charge in [0.15, 0.2) is 0 Å². The third kappa shape index (κ3) is 3.78. The Balaban J connectivity index is 1.73. The summed E-state index contributed by atoms with van der Waals surface area (Å²) < 4.78 is 39.2. The minimum absolute atomic E-state index is 0.0226. The smallest absolute Gasteiger partial charge is 0.243 e. The monoisotopic (exact) mass is 376 g/mol. The van der Waals surface area contributed by atoms with Crippen LogP contribution in [0.3, 0.4) is 0 Å². The van der Waals surface area contributed by atoms with Crippen LogP contribution < -0.4 is 0 Å². The third-order valence-corrected chi connectivity index (χ3v) is 6.45. The van der Waals surface area contributed by atoms with Crippen LogP contribution in [0.4, 0.5) is 4.39 Å². The number of likely N-dealkylation sites (tertiary alicyclic amines) is 1. The Kier molecular flexibility index (Phi) is 5.38. The summed E-state index contributed by atoms with van der Waals surface area (Å²) in [5.41, 5.74) is 1.06. The van der Waals surface area contributed by atoms with Crippen LogP contribution >= 0.6 is 0 Å². The van der Waals surface area contributed by atoms with E-state index < -0.39 is 15.8 Å². The van der Waals surface area contributed by atoms with Crippen LogP contribution in [-0.2, 0) is 14.8 Å². The van der Waals surface area contributed by atoms with Crippen LogP contribution in [0.5, 0.6) is 0 Å². The van der Waals surface area contributed by atoms with E-state index in [1.807, 2.05) is 30.3 Å². The summed E-state index contributed by atoms with van der Waals surface area (Å²) in [6.07, 6.45) is 1.75. The van der Waals surface area contributed by atoms with Crippen LogP contribution in [0, 0.1) is 5.82 Å². The highest BCUT2D eigenvalue weighted by atomic mass is 32.2. The lowest BCUT2D eigenvalue weighted by atomic mass is 10.0. The first-order valence-corrected chi connectivity index (χ1v) is 9.90. The van der Waals surface area contributed by atoms with Crippen molar-refractivity contribution in [3.05, 3.63) is 66.0 Å². The number of hydrogen-bond donors (Lipinski definition) is 0. The number of nitrogens with zero attached hydrogens (tertiary/aromatic N) is 2. The summed E-state index contributed by atoms with van der Waals surface area (Å²) in [5, 5.41) is 0. The van der Waals surface area contributed by atoms with Gasteiger partial charge in [-0.15, -0.1) is 0 Å². The number of amides is 1. The number of benzene rings is 2. The number of hydrogen-bond acceptors (Lipinski definition) is 3. The van der Waals surface area contributed by atoms with E-state index in [1.54, 1.807) is 4.90 Å². The number of likely N-dealkylation sites (N-methyl/N-ethyl adjacent to an activating group) is 1. The molecule has 0 spiro atoms. The normalized spacial score (nSPS) is 17.7. The second-order valence-corrected chi connectivity index (χ2v) is 8.42. The molecular formula is C19H21FN2O3S. The average Bonchev–Trinajstić information content (AvgIpc) is 3.12. The van der Waals surface area contributed by atoms with E-state index in [4.69, 9.17) is 0 Å². The quantitative estimate of drug-likeness (QED) is 0.806. The van der Waals surface area contributed by atoms with Gasteiger partial charge in [0.1, 0.15) is 5.82 Å². The van der Waals surface area contributed by atoms with Gasteiger partial charge in [-0.1, -0.05) is 30.3 Å². The van der Waals surface area contributed by atoms with E-state index in [1.165, 1.54) is 19.2 Å². The van der Waals surface area contributed by atoms with Crippen molar-refractivity contribution in [1.29, 1.82) is 0 Å². The molecule has 1 saturated heterocycles. The van der Waals surface area contributed by atoms with Gasteiger partial charge in [-0.05, 0) is 42.7 Å². The first kappa shape index (κ1) is 18.5. The summed E-state index contributed by atoms with van der Waals surface area (Å²) in [5.74, 6) is -0.741. The van der Waals surface area contributed by atoms with Gasteiger partial charge in [-0.3, -0.25) is 4.79 Å². The van der Waals surface area contributed by atoms with Gasteiger partial charge < -0.3 is 4.90 Å². The molecule has 1 unspecified atom stereocenters. The fraction of sp³-hybridized carbons (Fsp3) is 0.316. The third-order valence-electron chi connectivity index (χ3n) is 4.64.